The number of rotatable bonds is 4. The van der Waals surface area contributed by atoms with Crippen LogP contribution >= 0.6 is 11.9 Å². The zero-order valence-electron chi connectivity index (χ0n) is 14.5. The predicted molar refractivity (Wildman–Crippen MR) is 107 cm³/mol. The van der Waals surface area contributed by atoms with Gasteiger partial charge in [-0.1, -0.05) is 17.7 Å². The fourth-order valence-electron chi connectivity index (χ4n) is 2.79. The fourth-order valence-corrected chi connectivity index (χ4v) is 3.42. The Hall–Kier alpha value is -2.99. The number of imidazole rings is 1. The van der Waals surface area contributed by atoms with E-state index in [9.17, 15) is 4.79 Å². The van der Waals surface area contributed by atoms with Crippen LogP contribution in [0.25, 0.3) is 11.6 Å². The minimum Gasteiger partial charge on any atom is -0.343 e. The van der Waals surface area contributed by atoms with Gasteiger partial charge in [-0.25, -0.2) is 4.98 Å². The van der Waals surface area contributed by atoms with Crippen LogP contribution in [0.4, 0.5) is 11.4 Å². The maximum Gasteiger partial charge on any atom is 0.256 e. The summed E-state index contributed by atoms with van der Waals surface area (Å²) >= 11 is 1.55. The van der Waals surface area contributed by atoms with Crippen molar-refractivity contribution in [3.63, 3.8) is 0 Å². The van der Waals surface area contributed by atoms with Crippen LogP contribution < -0.4 is 10.0 Å². The van der Waals surface area contributed by atoms with Gasteiger partial charge in [0.05, 0.1) is 17.5 Å². The highest BCUT2D eigenvalue weighted by Crippen LogP contribution is 2.35. The van der Waals surface area contributed by atoms with Crippen LogP contribution in [0.3, 0.4) is 0 Å². The summed E-state index contributed by atoms with van der Waals surface area (Å²) in [6.07, 6.45) is 3.56. The lowest BCUT2D eigenvalue weighted by atomic mass is 10.1. The molecule has 0 bridgehead atoms. The van der Waals surface area contributed by atoms with Crippen molar-refractivity contribution in [2.75, 3.05) is 10.0 Å². The first-order valence-corrected chi connectivity index (χ1v) is 9.09. The Balaban J connectivity index is 1.58. The van der Waals surface area contributed by atoms with Gasteiger partial charge in [0, 0.05) is 21.8 Å². The lowest BCUT2D eigenvalue weighted by molar-refractivity contribution is -0.110. The van der Waals surface area contributed by atoms with Gasteiger partial charge < -0.3 is 15.0 Å². The number of H-pyrrole nitrogens is 1. The van der Waals surface area contributed by atoms with E-state index in [4.69, 9.17) is 0 Å². The first kappa shape index (κ1) is 16.5. The van der Waals surface area contributed by atoms with Crippen molar-refractivity contribution in [1.82, 2.24) is 9.97 Å². The normalized spacial score (nSPS) is 14.4. The number of anilines is 2. The van der Waals surface area contributed by atoms with Gasteiger partial charge in [0.15, 0.2) is 0 Å². The quantitative estimate of drug-likeness (QED) is 0.467. The summed E-state index contributed by atoms with van der Waals surface area (Å²) in [4.78, 5) is 20.8. The molecule has 0 radical (unpaired) electrons. The molecule has 130 valence electrons. The average Bonchev–Trinajstić information content (AvgIpc) is 3.18. The minimum absolute atomic E-state index is 0.101. The predicted octanol–water partition coefficient (Wildman–Crippen LogP) is 4.64. The van der Waals surface area contributed by atoms with E-state index in [1.54, 1.807) is 18.1 Å². The number of benzene rings is 2. The molecule has 1 aliphatic heterocycles. The Morgan fingerprint density at radius 3 is 2.65 bits per heavy atom. The van der Waals surface area contributed by atoms with Crippen LogP contribution in [0.15, 0.2) is 53.6 Å². The van der Waals surface area contributed by atoms with E-state index in [0.717, 1.165) is 33.4 Å². The average molecular weight is 362 g/mol. The van der Waals surface area contributed by atoms with E-state index >= 15 is 0 Å². The summed E-state index contributed by atoms with van der Waals surface area (Å²) in [5, 5.41) is 2.91. The second-order valence-corrected chi connectivity index (χ2v) is 7.09. The molecule has 5 nitrogen and oxygen atoms in total. The van der Waals surface area contributed by atoms with Crippen molar-refractivity contribution in [1.29, 1.82) is 0 Å². The second-order valence-electron chi connectivity index (χ2n) is 6.21. The molecule has 1 amide bonds. The third-order valence-corrected chi connectivity index (χ3v) is 4.98. The summed E-state index contributed by atoms with van der Waals surface area (Å²) in [6.45, 7) is 3.95. The number of hydrogen-bond acceptors (Lipinski definition) is 4. The molecule has 0 spiro atoms. The molecular formula is C20H18N4OS. The molecular weight excluding hydrogens is 344 g/mol. The summed E-state index contributed by atoms with van der Waals surface area (Å²) in [5.74, 6) is 0.719. The Labute approximate surface area is 156 Å². The highest BCUT2D eigenvalue weighted by Gasteiger charge is 2.24. The van der Waals surface area contributed by atoms with Crippen LogP contribution in [0.2, 0.25) is 0 Å². The maximum atomic E-state index is 12.3. The molecule has 0 fully saturated rings. The topological polar surface area (TPSA) is 69.8 Å². The van der Waals surface area contributed by atoms with Gasteiger partial charge in [0.2, 0.25) is 0 Å². The molecule has 4 rings (SSSR count). The molecule has 3 aromatic rings. The number of aromatic amines is 1. The SMILES string of the molecule is Cc1ccc(SNc2ccc3c(c2)/C(=C/c2cnc(C)[nH]2)C(=O)N3)cc1. The number of nitrogens with one attached hydrogen (secondary N) is 3. The Morgan fingerprint density at radius 1 is 1.12 bits per heavy atom. The van der Waals surface area contributed by atoms with Gasteiger partial charge in [0.1, 0.15) is 5.82 Å². The summed E-state index contributed by atoms with van der Waals surface area (Å²) in [7, 11) is 0. The highest BCUT2D eigenvalue weighted by molar-refractivity contribution is 8.00. The van der Waals surface area contributed by atoms with Gasteiger partial charge >= 0.3 is 0 Å². The zero-order chi connectivity index (χ0) is 18.1. The van der Waals surface area contributed by atoms with Crippen LogP contribution in [-0.4, -0.2) is 15.9 Å². The van der Waals surface area contributed by atoms with Gasteiger partial charge in [0.25, 0.3) is 5.91 Å². The smallest absolute Gasteiger partial charge is 0.256 e. The molecule has 6 heteroatoms. The Kier molecular flexibility index (Phi) is 4.26. The number of hydrogen-bond donors (Lipinski definition) is 3. The first-order chi connectivity index (χ1) is 12.6. The largest absolute Gasteiger partial charge is 0.343 e. The summed E-state index contributed by atoms with van der Waals surface area (Å²) < 4.78 is 3.34. The molecule has 1 aromatic heterocycles. The van der Waals surface area contributed by atoms with Crippen molar-refractivity contribution in [2.24, 2.45) is 0 Å². The van der Waals surface area contributed by atoms with E-state index in [2.05, 4.69) is 51.2 Å². The number of amides is 1. The van der Waals surface area contributed by atoms with Crippen molar-refractivity contribution in [3.05, 3.63) is 71.3 Å². The van der Waals surface area contributed by atoms with E-state index in [-0.39, 0.29) is 5.91 Å². The number of aryl methyl sites for hydroxylation is 2. The van der Waals surface area contributed by atoms with E-state index in [0.29, 0.717) is 5.57 Å². The van der Waals surface area contributed by atoms with E-state index < -0.39 is 0 Å². The molecule has 0 saturated heterocycles. The van der Waals surface area contributed by atoms with Gasteiger partial charge in [-0.05, 0) is 62.2 Å². The molecule has 26 heavy (non-hydrogen) atoms. The third-order valence-electron chi connectivity index (χ3n) is 4.13. The molecule has 0 saturated carbocycles. The van der Waals surface area contributed by atoms with Gasteiger partial charge in [-0.15, -0.1) is 0 Å². The summed E-state index contributed by atoms with van der Waals surface area (Å²) in [6, 6.07) is 14.2. The van der Waals surface area contributed by atoms with Crippen LogP contribution in [-0.2, 0) is 4.79 Å². The molecule has 0 unspecified atom stereocenters. The van der Waals surface area contributed by atoms with Crippen LogP contribution in [0, 0.1) is 13.8 Å². The Morgan fingerprint density at radius 2 is 1.92 bits per heavy atom. The van der Waals surface area contributed by atoms with Gasteiger partial charge in [-0.2, -0.15) is 0 Å². The molecule has 2 aromatic carbocycles. The lowest BCUT2D eigenvalue weighted by Gasteiger charge is -2.07. The number of nitrogens with zero attached hydrogens (tertiary/aromatic N) is 1. The summed E-state index contributed by atoms with van der Waals surface area (Å²) in [5.41, 5.74) is 5.33. The maximum absolute atomic E-state index is 12.3. The standard InChI is InChI=1S/C20H18N4OS/c1-12-3-6-16(7-4-12)26-24-14-5-8-19-17(9-14)18(20(25)23-19)10-15-11-21-13(2)22-15/h3-11,24H,1-2H3,(H,21,22)(H,23,25)/b18-10-. The first-order valence-electron chi connectivity index (χ1n) is 8.27. The molecule has 1 aliphatic rings. The number of aromatic nitrogens is 2. The monoisotopic (exact) mass is 362 g/mol. The lowest BCUT2D eigenvalue weighted by Crippen LogP contribution is -2.03. The van der Waals surface area contributed by atoms with Crippen molar-refractivity contribution >= 4 is 40.9 Å². The molecule has 3 N–H and O–H groups in total. The number of carbonyl (C=O) groups is 1. The van der Waals surface area contributed by atoms with Crippen LogP contribution in [0.5, 0.6) is 0 Å². The molecule has 0 atom stereocenters. The molecule has 0 aliphatic carbocycles. The van der Waals surface area contributed by atoms with Crippen molar-refractivity contribution in [3.8, 4) is 0 Å². The van der Waals surface area contributed by atoms with Gasteiger partial charge in [-0.3, -0.25) is 4.79 Å². The number of carbonyl (C=O) groups excluding carboxylic acids is 1. The van der Waals surface area contributed by atoms with Crippen LogP contribution in [0.1, 0.15) is 22.6 Å². The minimum atomic E-state index is -0.101. The third kappa shape index (κ3) is 3.36. The van der Waals surface area contributed by atoms with E-state index in [1.165, 1.54) is 5.56 Å². The second kappa shape index (κ2) is 6.72. The number of fused-ring (bicyclic) bond motifs is 1. The van der Waals surface area contributed by atoms with Crippen molar-refractivity contribution in [2.45, 2.75) is 18.7 Å². The van der Waals surface area contributed by atoms with E-state index in [1.807, 2.05) is 31.2 Å². The highest BCUT2D eigenvalue weighted by atomic mass is 32.2. The Bertz CT molecular complexity index is 1000. The van der Waals surface area contributed by atoms with Crippen molar-refractivity contribution < 1.29 is 4.79 Å². The zero-order valence-corrected chi connectivity index (χ0v) is 15.3. The molecule has 2 heterocycles. The fraction of sp³-hybridized carbons (Fsp3) is 0.100.